The van der Waals surface area contributed by atoms with Crippen molar-refractivity contribution in [1.29, 1.82) is 5.26 Å². The summed E-state index contributed by atoms with van der Waals surface area (Å²) in [4.78, 5) is -0.283. The van der Waals surface area contributed by atoms with Crippen LogP contribution < -0.4 is 0 Å². The summed E-state index contributed by atoms with van der Waals surface area (Å²) in [5, 5.41) is 18.0. The molecule has 0 bridgehead atoms. The van der Waals surface area contributed by atoms with Crippen LogP contribution in [0.5, 0.6) is 0 Å². The number of aliphatic hydroxyl groups is 1. The number of hydrogen-bond acceptors (Lipinski definition) is 4. The van der Waals surface area contributed by atoms with E-state index in [1.807, 2.05) is 0 Å². The Morgan fingerprint density at radius 1 is 1.48 bits per heavy atom. The second-order valence-electron chi connectivity index (χ2n) is 5.11. The molecule has 1 aliphatic heterocycles. The lowest BCUT2D eigenvalue weighted by molar-refractivity contribution is 0.203. The Morgan fingerprint density at radius 2 is 2.24 bits per heavy atom. The van der Waals surface area contributed by atoms with Crippen LogP contribution in [0.2, 0.25) is 0 Å². The monoisotopic (exact) mass is 312 g/mol. The molecule has 1 saturated heterocycles. The third-order valence-electron chi connectivity index (χ3n) is 3.72. The summed E-state index contributed by atoms with van der Waals surface area (Å²) in [6.07, 6.45) is 2.10. The SMILES string of the molecule is N#Cc1c(F)cccc1S(=O)(=O)N1CCCC(CCO)C1. The van der Waals surface area contributed by atoms with E-state index in [4.69, 9.17) is 10.4 Å². The van der Waals surface area contributed by atoms with Crippen LogP contribution in [0.15, 0.2) is 23.1 Å². The fraction of sp³-hybridized carbons (Fsp3) is 0.500. The highest BCUT2D eigenvalue weighted by Gasteiger charge is 2.32. The molecule has 0 aliphatic carbocycles. The molecule has 2 rings (SSSR count). The van der Waals surface area contributed by atoms with Crippen LogP contribution in [0.1, 0.15) is 24.8 Å². The van der Waals surface area contributed by atoms with Crippen LogP contribution in [0.4, 0.5) is 4.39 Å². The molecule has 1 aliphatic rings. The molecule has 1 aromatic rings. The van der Waals surface area contributed by atoms with Crippen molar-refractivity contribution in [2.45, 2.75) is 24.2 Å². The van der Waals surface area contributed by atoms with Gasteiger partial charge < -0.3 is 5.11 Å². The van der Waals surface area contributed by atoms with Gasteiger partial charge in [0.1, 0.15) is 22.3 Å². The Morgan fingerprint density at radius 3 is 2.90 bits per heavy atom. The lowest BCUT2D eigenvalue weighted by atomic mass is 9.97. The third-order valence-corrected chi connectivity index (χ3v) is 5.63. The van der Waals surface area contributed by atoms with Crippen LogP contribution in [0.25, 0.3) is 0 Å². The van der Waals surface area contributed by atoms with E-state index in [-0.39, 0.29) is 17.4 Å². The molecular weight excluding hydrogens is 295 g/mol. The standard InChI is InChI=1S/C14H17FN2O3S/c15-13-4-1-5-14(12(13)9-16)21(19,20)17-7-2-3-11(10-17)6-8-18/h1,4-5,11,18H,2-3,6-8,10H2. The Balaban J connectivity index is 2.34. The molecule has 1 N–H and O–H groups in total. The van der Waals surface area contributed by atoms with Gasteiger partial charge in [-0.2, -0.15) is 9.57 Å². The van der Waals surface area contributed by atoms with Gasteiger partial charge >= 0.3 is 0 Å². The minimum Gasteiger partial charge on any atom is -0.396 e. The van der Waals surface area contributed by atoms with Crippen LogP contribution in [0.3, 0.4) is 0 Å². The molecule has 1 heterocycles. The summed E-state index contributed by atoms with van der Waals surface area (Å²) in [5.41, 5.74) is -0.443. The van der Waals surface area contributed by atoms with Gasteiger partial charge in [0, 0.05) is 19.7 Å². The Labute approximate surface area is 123 Å². The number of piperidine rings is 1. The van der Waals surface area contributed by atoms with Crippen molar-refractivity contribution in [3.63, 3.8) is 0 Å². The van der Waals surface area contributed by atoms with Gasteiger partial charge in [0.15, 0.2) is 0 Å². The predicted octanol–water partition coefficient (Wildman–Crippen LogP) is 1.48. The zero-order valence-electron chi connectivity index (χ0n) is 11.5. The number of benzene rings is 1. The first kappa shape index (κ1) is 15.9. The van der Waals surface area contributed by atoms with Gasteiger partial charge in [0.25, 0.3) is 0 Å². The maximum Gasteiger partial charge on any atom is 0.244 e. The lowest BCUT2D eigenvalue weighted by Gasteiger charge is -2.31. The molecular formula is C14H17FN2O3S. The van der Waals surface area contributed by atoms with Gasteiger partial charge in [-0.3, -0.25) is 0 Å². The molecule has 114 valence electrons. The van der Waals surface area contributed by atoms with Crippen molar-refractivity contribution in [2.75, 3.05) is 19.7 Å². The van der Waals surface area contributed by atoms with Gasteiger partial charge in [-0.25, -0.2) is 12.8 Å². The van der Waals surface area contributed by atoms with Crippen molar-refractivity contribution >= 4 is 10.0 Å². The molecule has 1 unspecified atom stereocenters. The second kappa shape index (κ2) is 6.52. The van der Waals surface area contributed by atoms with Crippen LogP contribution in [0, 0.1) is 23.1 Å². The van der Waals surface area contributed by atoms with E-state index in [0.29, 0.717) is 25.9 Å². The van der Waals surface area contributed by atoms with Crippen molar-refractivity contribution in [2.24, 2.45) is 5.92 Å². The maximum absolute atomic E-state index is 13.6. The number of nitrogens with zero attached hydrogens (tertiary/aromatic N) is 2. The average Bonchev–Trinajstić information content (AvgIpc) is 2.47. The molecule has 1 aromatic carbocycles. The molecule has 7 heteroatoms. The van der Waals surface area contributed by atoms with Crippen molar-refractivity contribution < 1.29 is 17.9 Å². The minimum atomic E-state index is -3.89. The van der Waals surface area contributed by atoms with Gasteiger partial charge in [0.2, 0.25) is 10.0 Å². The summed E-state index contributed by atoms with van der Waals surface area (Å²) < 4.78 is 40.1. The Hall–Kier alpha value is -1.49. The first-order valence-corrected chi connectivity index (χ1v) is 8.24. The highest BCUT2D eigenvalue weighted by molar-refractivity contribution is 7.89. The summed E-state index contributed by atoms with van der Waals surface area (Å²) in [5.74, 6) is -0.736. The number of hydrogen-bond donors (Lipinski definition) is 1. The van der Waals surface area contributed by atoms with E-state index < -0.39 is 21.4 Å². The van der Waals surface area contributed by atoms with E-state index in [1.165, 1.54) is 16.4 Å². The molecule has 0 saturated carbocycles. The first-order valence-electron chi connectivity index (χ1n) is 6.80. The van der Waals surface area contributed by atoms with Gasteiger partial charge in [0.05, 0.1) is 0 Å². The largest absolute Gasteiger partial charge is 0.396 e. The topological polar surface area (TPSA) is 81.4 Å². The number of aliphatic hydroxyl groups excluding tert-OH is 1. The molecule has 0 amide bonds. The maximum atomic E-state index is 13.6. The highest BCUT2D eigenvalue weighted by Crippen LogP contribution is 2.27. The number of rotatable bonds is 4. The van der Waals surface area contributed by atoms with E-state index in [9.17, 15) is 12.8 Å². The van der Waals surface area contributed by atoms with E-state index in [1.54, 1.807) is 6.07 Å². The zero-order valence-corrected chi connectivity index (χ0v) is 12.3. The first-order chi connectivity index (χ1) is 10.0. The Bertz CT molecular complexity index is 653. The van der Waals surface area contributed by atoms with Gasteiger partial charge in [-0.05, 0) is 37.3 Å². The molecule has 5 nitrogen and oxygen atoms in total. The Kier molecular flexibility index (Phi) is 4.93. The lowest BCUT2D eigenvalue weighted by Crippen LogP contribution is -2.40. The van der Waals surface area contributed by atoms with Crippen LogP contribution in [-0.2, 0) is 10.0 Å². The van der Waals surface area contributed by atoms with Crippen molar-refractivity contribution in [3.8, 4) is 6.07 Å². The summed E-state index contributed by atoms with van der Waals surface area (Å²) >= 11 is 0. The van der Waals surface area contributed by atoms with Crippen LogP contribution >= 0.6 is 0 Å². The van der Waals surface area contributed by atoms with Gasteiger partial charge in [-0.15, -0.1) is 0 Å². The molecule has 1 atom stereocenters. The number of halogens is 1. The molecule has 1 fully saturated rings. The molecule has 0 radical (unpaired) electrons. The quantitative estimate of drug-likeness (QED) is 0.913. The van der Waals surface area contributed by atoms with Crippen molar-refractivity contribution in [1.82, 2.24) is 4.31 Å². The molecule has 0 aromatic heterocycles. The summed E-state index contributed by atoms with van der Waals surface area (Å²) in [7, 11) is -3.89. The van der Waals surface area contributed by atoms with E-state index in [0.717, 1.165) is 12.5 Å². The molecule has 21 heavy (non-hydrogen) atoms. The predicted molar refractivity (Wildman–Crippen MR) is 74.3 cm³/mol. The second-order valence-corrected chi connectivity index (χ2v) is 7.01. The van der Waals surface area contributed by atoms with Gasteiger partial charge in [-0.1, -0.05) is 6.07 Å². The number of sulfonamides is 1. The summed E-state index contributed by atoms with van der Waals surface area (Å²) in [6.45, 7) is 0.665. The third kappa shape index (κ3) is 3.23. The fourth-order valence-electron chi connectivity index (χ4n) is 2.63. The average molecular weight is 312 g/mol. The van der Waals surface area contributed by atoms with Crippen molar-refractivity contribution in [3.05, 3.63) is 29.6 Å². The van der Waals surface area contributed by atoms with Crippen LogP contribution in [-0.4, -0.2) is 37.5 Å². The normalized spacial score (nSPS) is 20.1. The minimum absolute atomic E-state index is 0.0158. The van der Waals surface area contributed by atoms with E-state index >= 15 is 0 Å². The fourth-order valence-corrected chi connectivity index (χ4v) is 4.34. The zero-order chi connectivity index (χ0) is 15.5. The smallest absolute Gasteiger partial charge is 0.244 e. The van der Waals surface area contributed by atoms with E-state index in [2.05, 4.69) is 0 Å². The summed E-state index contributed by atoms with van der Waals surface area (Å²) in [6, 6.07) is 5.24. The molecule has 0 spiro atoms. The number of nitriles is 1. The highest BCUT2D eigenvalue weighted by atomic mass is 32.2.